The zero-order chi connectivity index (χ0) is 48.0. The lowest BCUT2D eigenvalue weighted by atomic mass is 10.0. The molecule has 2 aliphatic rings. The maximum Gasteiger partial charge on any atom is 0.248 e. The fourth-order valence-electron chi connectivity index (χ4n) is 6.26. The Morgan fingerprint density at radius 1 is 0.646 bits per heavy atom. The molecule has 4 amide bonds. The van der Waals surface area contributed by atoms with Gasteiger partial charge in [0.15, 0.2) is 5.96 Å². The zero-order valence-corrected chi connectivity index (χ0v) is 38.9. The standard InChI is InChI=1S/C22H31N5O4S.C21H29ClN6O4S/c1-16(23)24-12-6-9-20(22(29)25-13-14-26-32(2,30)31)27-21(28)19-11-10-18(15-19)17-7-4-3-5-8-17;1-33(31,32)27-12-11-25-20(30)18(3-2-10-26-21(23)24)28-19(29)16-5-4-15(13-16)14-6-8-17(22)9-7-14/h3-5,7-8,10-11,20,24,26H,1,6,9,12-15,23H2,2H3,(H,25,29)(H,27,28);4-9,18,27H,2-3,10-13H2,1H3,(H,25,30)(H,28,29)(H4,23,24,26). The van der Waals surface area contributed by atoms with Gasteiger partial charge in [0, 0.05) is 68.3 Å². The normalized spacial score (nSPS) is 14.1. The van der Waals surface area contributed by atoms with Crippen molar-refractivity contribution in [3.63, 3.8) is 0 Å². The molecule has 354 valence electrons. The van der Waals surface area contributed by atoms with Gasteiger partial charge in [-0.2, -0.15) is 0 Å². The van der Waals surface area contributed by atoms with E-state index in [9.17, 15) is 36.0 Å². The quantitative estimate of drug-likeness (QED) is 0.0372. The van der Waals surface area contributed by atoms with Crippen LogP contribution in [0.3, 0.4) is 0 Å². The average molecular weight is 959 g/mol. The van der Waals surface area contributed by atoms with Crippen molar-refractivity contribution in [2.75, 3.05) is 51.8 Å². The number of hydrogen-bond acceptors (Lipinski definition) is 11. The number of aliphatic imine (C=N–C) groups is 1. The number of nitrogens with zero attached hydrogens (tertiary/aromatic N) is 1. The van der Waals surface area contributed by atoms with Crippen molar-refractivity contribution in [2.24, 2.45) is 22.2 Å². The summed E-state index contributed by atoms with van der Waals surface area (Å²) in [5.74, 6) is -1.19. The van der Waals surface area contributed by atoms with Crippen LogP contribution in [0.2, 0.25) is 5.02 Å². The second-order valence-electron chi connectivity index (χ2n) is 15.0. The van der Waals surface area contributed by atoms with E-state index < -0.39 is 38.0 Å². The number of amides is 4. The van der Waals surface area contributed by atoms with E-state index in [4.69, 9.17) is 28.8 Å². The van der Waals surface area contributed by atoms with Gasteiger partial charge in [0.25, 0.3) is 0 Å². The first-order valence-corrected chi connectivity index (χ1v) is 24.8. The van der Waals surface area contributed by atoms with Gasteiger partial charge in [-0.05, 0) is 60.1 Å². The number of halogens is 1. The highest BCUT2D eigenvalue weighted by Gasteiger charge is 2.26. The number of nitrogens with one attached hydrogen (secondary N) is 7. The molecule has 2 aromatic rings. The second-order valence-corrected chi connectivity index (χ2v) is 19.1. The molecule has 0 saturated carbocycles. The fraction of sp³-hybridized carbons (Fsp3) is 0.372. The van der Waals surface area contributed by atoms with E-state index in [-0.39, 0.29) is 49.9 Å². The van der Waals surface area contributed by atoms with Crippen LogP contribution in [0.4, 0.5) is 0 Å². The van der Waals surface area contributed by atoms with E-state index >= 15 is 0 Å². The zero-order valence-electron chi connectivity index (χ0n) is 36.5. The molecule has 2 unspecified atom stereocenters. The highest BCUT2D eigenvalue weighted by Crippen LogP contribution is 2.30. The van der Waals surface area contributed by atoms with E-state index in [1.165, 1.54) is 0 Å². The lowest BCUT2D eigenvalue weighted by molar-refractivity contribution is -0.127. The number of hydrogen-bond donors (Lipinski definition) is 10. The van der Waals surface area contributed by atoms with Crippen LogP contribution in [0.15, 0.2) is 107 Å². The minimum atomic E-state index is -3.36. The number of sulfonamides is 2. The van der Waals surface area contributed by atoms with Crippen LogP contribution in [0.25, 0.3) is 11.1 Å². The summed E-state index contributed by atoms with van der Waals surface area (Å²) < 4.78 is 49.2. The van der Waals surface area contributed by atoms with Crippen LogP contribution in [0.1, 0.15) is 49.7 Å². The Hall–Kier alpha value is -6.00. The molecule has 0 aliphatic heterocycles. The van der Waals surface area contributed by atoms with E-state index in [1.54, 1.807) is 24.3 Å². The maximum absolute atomic E-state index is 12.8. The SMILES string of the molecule is C=C(N)NCCCC(NC(=O)C1=CC=C(c2ccccc2)C1)C(=O)NCCNS(C)(=O)=O.CS(=O)(=O)NCCNC(=O)C(CCCN=C(N)N)NC(=O)C1=CC=C(c2ccc(Cl)cc2)C1. The number of carbonyl (C=O) groups excluding carboxylic acids is 4. The van der Waals surface area contributed by atoms with Crippen molar-refractivity contribution in [1.29, 1.82) is 0 Å². The first kappa shape index (κ1) is 53.3. The van der Waals surface area contributed by atoms with Gasteiger partial charge in [-0.3, -0.25) is 24.2 Å². The van der Waals surface area contributed by atoms with Crippen LogP contribution in [0, 0.1) is 0 Å². The Kier molecular flexibility index (Phi) is 21.9. The molecule has 4 rings (SSSR count). The van der Waals surface area contributed by atoms with Crippen molar-refractivity contribution >= 4 is 72.4 Å². The van der Waals surface area contributed by atoms with E-state index in [0.29, 0.717) is 73.6 Å². The molecule has 0 fully saturated rings. The molecule has 0 bridgehead atoms. The van der Waals surface area contributed by atoms with Crippen molar-refractivity contribution in [1.82, 2.24) is 36.0 Å². The first-order valence-electron chi connectivity index (χ1n) is 20.6. The molecule has 65 heavy (non-hydrogen) atoms. The molecule has 22 heteroatoms. The van der Waals surface area contributed by atoms with Gasteiger partial charge in [0.2, 0.25) is 43.7 Å². The Balaban J connectivity index is 0.000000345. The van der Waals surface area contributed by atoms with E-state index in [1.807, 2.05) is 54.6 Å². The van der Waals surface area contributed by atoms with Crippen molar-refractivity contribution in [3.8, 4) is 0 Å². The minimum Gasteiger partial charge on any atom is -0.386 e. The predicted octanol–water partition coefficient (Wildman–Crippen LogP) is 0.607. The lowest BCUT2D eigenvalue weighted by Gasteiger charge is -2.19. The summed E-state index contributed by atoms with van der Waals surface area (Å²) in [6.45, 7) is 4.67. The molecule has 19 nitrogen and oxygen atoms in total. The third-order valence-corrected chi connectivity index (χ3v) is 11.2. The fourth-order valence-corrected chi connectivity index (χ4v) is 7.33. The largest absolute Gasteiger partial charge is 0.386 e. The molecule has 0 saturated heterocycles. The Bertz CT molecular complexity index is 2370. The van der Waals surface area contributed by atoms with Gasteiger partial charge in [0.1, 0.15) is 12.1 Å². The smallest absolute Gasteiger partial charge is 0.248 e. The number of nitrogens with two attached hydrogens (primary N) is 3. The molecular formula is C43H60ClN11O8S2. The maximum atomic E-state index is 12.8. The van der Waals surface area contributed by atoms with E-state index in [0.717, 1.165) is 34.8 Å². The van der Waals surface area contributed by atoms with Gasteiger partial charge in [-0.15, -0.1) is 0 Å². The number of rotatable bonds is 25. The summed E-state index contributed by atoms with van der Waals surface area (Å²) in [6.07, 6.45) is 12.0. The summed E-state index contributed by atoms with van der Waals surface area (Å²) in [5.41, 5.74) is 21.2. The molecule has 0 aromatic heterocycles. The number of guanidine groups is 1. The Morgan fingerprint density at radius 3 is 1.55 bits per heavy atom. The number of carbonyl (C=O) groups is 4. The molecular weight excluding hydrogens is 898 g/mol. The number of benzene rings is 2. The topological polar surface area (TPSA) is 311 Å². The summed E-state index contributed by atoms with van der Waals surface area (Å²) in [6, 6.07) is 15.5. The van der Waals surface area contributed by atoms with Gasteiger partial charge in [-0.25, -0.2) is 26.3 Å². The van der Waals surface area contributed by atoms with Crippen LogP contribution in [-0.4, -0.2) is 110 Å². The molecule has 13 N–H and O–H groups in total. The average Bonchev–Trinajstić information content (AvgIpc) is 3.95. The molecule has 0 radical (unpaired) electrons. The molecule has 0 spiro atoms. The third kappa shape index (κ3) is 21.5. The monoisotopic (exact) mass is 957 g/mol. The Morgan fingerprint density at radius 2 is 1.11 bits per heavy atom. The van der Waals surface area contributed by atoms with Crippen LogP contribution >= 0.6 is 11.6 Å². The van der Waals surface area contributed by atoms with Crippen LogP contribution < -0.4 is 53.2 Å². The van der Waals surface area contributed by atoms with Gasteiger partial charge in [0.05, 0.1) is 18.3 Å². The third-order valence-electron chi connectivity index (χ3n) is 9.46. The molecule has 0 heterocycles. The highest BCUT2D eigenvalue weighted by atomic mass is 35.5. The molecule has 2 aromatic carbocycles. The van der Waals surface area contributed by atoms with E-state index in [2.05, 4.69) is 47.6 Å². The summed E-state index contributed by atoms with van der Waals surface area (Å²) in [5, 5.41) is 14.4. The summed E-state index contributed by atoms with van der Waals surface area (Å²) in [4.78, 5) is 54.8. The highest BCUT2D eigenvalue weighted by molar-refractivity contribution is 7.89. The van der Waals surface area contributed by atoms with Gasteiger partial charge >= 0.3 is 0 Å². The van der Waals surface area contributed by atoms with Crippen LogP contribution in [0.5, 0.6) is 0 Å². The van der Waals surface area contributed by atoms with Crippen LogP contribution in [-0.2, 0) is 39.2 Å². The molecule has 2 atom stereocenters. The van der Waals surface area contributed by atoms with Crippen molar-refractivity contribution in [2.45, 2.75) is 50.6 Å². The lowest BCUT2D eigenvalue weighted by Crippen LogP contribution is -2.48. The van der Waals surface area contributed by atoms with Gasteiger partial charge < -0.3 is 43.8 Å². The first-order chi connectivity index (χ1) is 30.7. The Labute approximate surface area is 386 Å². The van der Waals surface area contributed by atoms with Crippen molar-refractivity contribution in [3.05, 3.63) is 119 Å². The second kappa shape index (κ2) is 26.7. The number of allylic oxidation sites excluding steroid dienone is 6. The predicted molar refractivity (Wildman–Crippen MR) is 255 cm³/mol. The summed E-state index contributed by atoms with van der Waals surface area (Å²) in [7, 11) is -6.70. The summed E-state index contributed by atoms with van der Waals surface area (Å²) >= 11 is 5.93. The minimum absolute atomic E-state index is 0.0404. The van der Waals surface area contributed by atoms with Gasteiger partial charge in [-0.1, -0.05) is 84.9 Å². The van der Waals surface area contributed by atoms with Crippen molar-refractivity contribution < 1.29 is 36.0 Å². The molecule has 2 aliphatic carbocycles.